The van der Waals surface area contributed by atoms with Crippen LogP contribution in [-0.4, -0.2) is 9.78 Å². The molecule has 1 aromatic heterocycles. The second kappa shape index (κ2) is 4.06. The molecule has 0 aliphatic rings. The molecule has 2 aromatic rings. The summed E-state index contributed by atoms with van der Waals surface area (Å²) < 4.78 is 15.4. The molecule has 0 unspecified atom stereocenters. The van der Waals surface area contributed by atoms with Gasteiger partial charge in [-0.25, -0.2) is 4.39 Å². The minimum absolute atomic E-state index is 0.242. The Hall–Kier alpha value is -1.68. The number of rotatable bonds is 2. The van der Waals surface area contributed by atoms with Crippen LogP contribution in [0, 0.1) is 12.7 Å². The van der Waals surface area contributed by atoms with Gasteiger partial charge in [0.1, 0.15) is 5.82 Å². The average molecular weight is 219 g/mol. The third kappa shape index (κ3) is 1.61. The van der Waals surface area contributed by atoms with Crippen molar-refractivity contribution < 1.29 is 4.39 Å². The van der Waals surface area contributed by atoms with Crippen LogP contribution in [0.3, 0.4) is 0 Å². The Kier molecular flexibility index (Phi) is 2.75. The van der Waals surface area contributed by atoms with Crippen molar-refractivity contribution in [3.63, 3.8) is 0 Å². The molecule has 0 fully saturated rings. The molecule has 2 rings (SSSR count). The van der Waals surface area contributed by atoms with Crippen LogP contribution in [0.1, 0.15) is 11.4 Å². The zero-order valence-electron chi connectivity index (χ0n) is 9.37. The van der Waals surface area contributed by atoms with Crippen LogP contribution in [0.5, 0.6) is 0 Å². The van der Waals surface area contributed by atoms with E-state index in [1.54, 1.807) is 16.8 Å². The van der Waals surface area contributed by atoms with Crippen molar-refractivity contribution in [2.45, 2.75) is 13.5 Å². The molecule has 0 radical (unpaired) electrons. The quantitative estimate of drug-likeness (QED) is 0.839. The fraction of sp³-hybridized carbons (Fsp3) is 0.250. The smallest absolute Gasteiger partial charge is 0.131 e. The highest BCUT2D eigenvalue weighted by Crippen LogP contribution is 2.28. The first-order valence-corrected chi connectivity index (χ1v) is 5.12. The minimum Gasteiger partial charge on any atom is -0.325 e. The van der Waals surface area contributed by atoms with E-state index in [0.717, 1.165) is 17.0 Å². The number of aromatic nitrogens is 2. The van der Waals surface area contributed by atoms with E-state index in [1.807, 2.05) is 20.0 Å². The lowest BCUT2D eigenvalue weighted by Crippen LogP contribution is -2.00. The van der Waals surface area contributed by atoms with E-state index in [1.165, 1.54) is 6.07 Å². The SMILES string of the molecule is Cc1c(-c2ccccc2F)c(CN)nn1C. The van der Waals surface area contributed by atoms with Gasteiger partial charge in [0.05, 0.1) is 5.69 Å². The van der Waals surface area contributed by atoms with Gasteiger partial charge in [0.25, 0.3) is 0 Å². The van der Waals surface area contributed by atoms with E-state index in [0.29, 0.717) is 12.1 Å². The molecule has 0 saturated heterocycles. The molecular weight excluding hydrogens is 205 g/mol. The van der Waals surface area contributed by atoms with Crippen molar-refractivity contribution in [3.05, 3.63) is 41.5 Å². The Balaban J connectivity index is 2.68. The van der Waals surface area contributed by atoms with Gasteiger partial charge in [-0.3, -0.25) is 4.68 Å². The fourth-order valence-corrected chi connectivity index (χ4v) is 1.83. The van der Waals surface area contributed by atoms with E-state index in [4.69, 9.17) is 5.73 Å². The molecule has 3 nitrogen and oxygen atoms in total. The predicted octanol–water partition coefficient (Wildman–Crippen LogP) is 1.99. The van der Waals surface area contributed by atoms with E-state index < -0.39 is 0 Å². The summed E-state index contributed by atoms with van der Waals surface area (Å²) >= 11 is 0. The minimum atomic E-state index is -0.242. The molecule has 0 spiro atoms. The fourth-order valence-electron chi connectivity index (χ4n) is 1.83. The maximum absolute atomic E-state index is 13.7. The maximum atomic E-state index is 13.7. The van der Waals surface area contributed by atoms with E-state index >= 15 is 0 Å². The van der Waals surface area contributed by atoms with Gasteiger partial charge in [-0.1, -0.05) is 18.2 Å². The van der Waals surface area contributed by atoms with Crippen molar-refractivity contribution in [2.24, 2.45) is 12.8 Å². The molecule has 1 heterocycles. The van der Waals surface area contributed by atoms with Crippen molar-refractivity contribution in [1.82, 2.24) is 9.78 Å². The van der Waals surface area contributed by atoms with Crippen LogP contribution >= 0.6 is 0 Å². The predicted molar refractivity (Wildman–Crippen MR) is 61.2 cm³/mol. The van der Waals surface area contributed by atoms with Gasteiger partial charge >= 0.3 is 0 Å². The molecule has 84 valence electrons. The summed E-state index contributed by atoms with van der Waals surface area (Å²) in [6, 6.07) is 6.68. The maximum Gasteiger partial charge on any atom is 0.131 e. The molecule has 0 bridgehead atoms. The van der Waals surface area contributed by atoms with Crippen molar-refractivity contribution in [1.29, 1.82) is 0 Å². The van der Waals surface area contributed by atoms with Crippen LogP contribution in [0.4, 0.5) is 4.39 Å². The number of nitrogens with zero attached hydrogens (tertiary/aromatic N) is 2. The number of halogens is 1. The normalized spacial score (nSPS) is 10.8. The zero-order valence-corrected chi connectivity index (χ0v) is 9.37. The molecule has 0 aliphatic carbocycles. The topological polar surface area (TPSA) is 43.8 Å². The average Bonchev–Trinajstić information content (AvgIpc) is 2.56. The molecule has 16 heavy (non-hydrogen) atoms. The van der Waals surface area contributed by atoms with Crippen LogP contribution < -0.4 is 5.73 Å². The first-order valence-electron chi connectivity index (χ1n) is 5.12. The summed E-state index contributed by atoms with van der Waals surface area (Å²) in [4.78, 5) is 0. The Morgan fingerprint density at radius 3 is 2.69 bits per heavy atom. The van der Waals surface area contributed by atoms with Crippen molar-refractivity contribution in [3.8, 4) is 11.1 Å². The van der Waals surface area contributed by atoms with Gasteiger partial charge in [-0.15, -0.1) is 0 Å². The summed E-state index contributed by atoms with van der Waals surface area (Å²) in [5.41, 5.74) is 8.64. The summed E-state index contributed by atoms with van der Waals surface area (Å²) in [6.45, 7) is 2.22. The molecule has 0 amide bonds. The van der Waals surface area contributed by atoms with E-state index in [-0.39, 0.29) is 5.82 Å². The number of hydrogen-bond donors (Lipinski definition) is 1. The lowest BCUT2D eigenvalue weighted by molar-refractivity contribution is 0.631. The highest BCUT2D eigenvalue weighted by atomic mass is 19.1. The first-order chi connectivity index (χ1) is 7.65. The third-order valence-corrected chi connectivity index (χ3v) is 2.74. The second-order valence-electron chi connectivity index (χ2n) is 3.71. The van der Waals surface area contributed by atoms with E-state index in [9.17, 15) is 4.39 Å². The molecule has 0 aliphatic heterocycles. The van der Waals surface area contributed by atoms with E-state index in [2.05, 4.69) is 5.10 Å². The molecule has 2 N–H and O–H groups in total. The van der Waals surface area contributed by atoms with Gasteiger partial charge < -0.3 is 5.73 Å². The summed E-state index contributed by atoms with van der Waals surface area (Å²) in [5, 5.41) is 4.27. The second-order valence-corrected chi connectivity index (χ2v) is 3.71. The van der Waals surface area contributed by atoms with Crippen LogP contribution in [0.25, 0.3) is 11.1 Å². The third-order valence-electron chi connectivity index (χ3n) is 2.74. The van der Waals surface area contributed by atoms with Gasteiger partial charge in [0.15, 0.2) is 0 Å². The number of benzene rings is 1. The van der Waals surface area contributed by atoms with Crippen molar-refractivity contribution in [2.75, 3.05) is 0 Å². The summed E-state index contributed by atoms with van der Waals surface area (Å²) in [7, 11) is 1.83. The van der Waals surface area contributed by atoms with Gasteiger partial charge in [-0.2, -0.15) is 5.10 Å². The van der Waals surface area contributed by atoms with Gasteiger partial charge in [0, 0.05) is 30.4 Å². The molecule has 4 heteroatoms. The standard InChI is InChI=1S/C12H14FN3/c1-8-12(11(7-14)15-16(8)2)9-5-3-4-6-10(9)13/h3-6H,7,14H2,1-2H3. The largest absolute Gasteiger partial charge is 0.325 e. The lowest BCUT2D eigenvalue weighted by atomic mass is 10.0. The monoisotopic (exact) mass is 219 g/mol. The number of hydrogen-bond acceptors (Lipinski definition) is 2. The first kappa shape index (κ1) is 10.8. The van der Waals surface area contributed by atoms with Crippen LogP contribution in [0.15, 0.2) is 24.3 Å². The Morgan fingerprint density at radius 1 is 1.38 bits per heavy atom. The zero-order chi connectivity index (χ0) is 11.7. The molecule has 0 atom stereocenters. The van der Waals surface area contributed by atoms with Gasteiger partial charge in [-0.05, 0) is 13.0 Å². The molecule has 0 saturated carbocycles. The highest BCUT2D eigenvalue weighted by molar-refractivity contribution is 5.69. The highest BCUT2D eigenvalue weighted by Gasteiger charge is 2.16. The van der Waals surface area contributed by atoms with Gasteiger partial charge in [0.2, 0.25) is 0 Å². The van der Waals surface area contributed by atoms with Crippen LogP contribution in [0.2, 0.25) is 0 Å². The molecule has 1 aromatic carbocycles. The Morgan fingerprint density at radius 2 is 2.06 bits per heavy atom. The Bertz CT molecular complexity index is 517. The van der Waals surface area contributed by atoms with Crippen LogP contribution in [-0.2, 0) is 13.6 Å². The summed E-state index contributed by atoms with van der Waals surface area (Å²) in [6.07, 6.45) is 0. The summed E-state index contributed by atoms with van der Waals surface area (Å²) in [5.74, 6) is -0.242. The van der Waals surface area contributed by atoms with Crippen molar-refractivity contribution >= 4 is 0 Å². The number of nitrogens with two attached hydrogens (primary N) is 1. The molecular formula is C12H14FN3. The lowest BCUT2D eigenvalue weighted by Gasteiger charge is -2.04. The number of aryl methyl sites for hydroxylation is 1. The Labute approximate surface area is 93.7 Å².